The topological polar surface area (TPSA) is 233 Å². The minimum Gasteiger partial charge on any atom is -0.387 e. The van der Waals surface area contributed by atoms with Crippen molar-refractivity contribution in [2.75, 3.05) is 0 Å². The first-order valence-corrected chi connectivity index (χ1v) is 8.12. The maximum Gasteiger partial charge on any atom is 0.361 e. The molecule has 0 aromatic carbocycles. The molecule has 0 aromatic heterocycles. The number of aliphatic hydroxyl groups excluding tert-OH is 5. The number of ketones is 1. The summed E-state index contributed by atoms with van der Waals surface area (Å²) in [4.78, 5) is 45.1. The van der Waals surface area contributed by atoms with E-state index in [1.165, 1.54) is 0 Å². The molecule has 0 saturated heterocycles. The monoisotopic (exact) mass is 340 g/mol. The number of carbonyl (C=O) groups is 1. The molecule has 0 heterocycles. The fourth-order valence-electron chi connectivity index (χ4n) is 1.05. The van der Waals surface area contributed by atoms with Crippen LogP contribution < -0.4 is 0 Å². The molecule has 0 aliphatic rings. The van der Waals surface area contributed by atoms with Crippen LogP contribution in [-0.4, -0.2) is 80.9 Å². The van der Waals surface area contributed by atoms with E-state index < -0.39 is 51.0 Å². The van der Waals surface area contributed by atoms with Gasteiger partial charge in [0.25, 0.3) is 0 Å². The van der Waals surface area contributed by atoms with Gasteiger partial charge in [0, 0.05) is 0 Å². The second kappa shape index (κ2) is 6.69. The molecular formula is C6H14O12P2. The van der Waals surface area contributed by atoms with Crippen molar-refractivity contribution in [3.05, 3.63) is 0 Å². The predicted molar refractivity (Wildman–Crippen MR) is 59.1 cm³/mol. The van der Waals surface area contributed by atoms with Gasteiger partial charge in [-0.05, 0) is 0 Å². The van der Waals surface area contributed by atoms with Crippen LogP contribution in [0.15, 0.2) is 0 Å². The van der Waals surface area contributed by atoms with Gasteiger partial charge in [-0.1, -0.05) is 0 Å². The average molecular weight is 340 g/mol. The Morgan fingerprint density at radius 2 is 1.15 bits per heavy atom. The van der Waals surface area contributed by atoms with Crippen LogP contribution in [0.25, 0.3) is 0 Å². The van der Waals surface area contributed by atoms with E-state index in [1.54, 1.807) is 0 Å². The van der Waals surface area contributed by atoms with Crippen LogP contribution in [0.2, 0.25) is 0 Å². The minimum absolute atomic E-state index is 2.00. The van der Waals surface area contributed by atoms with Crippen molar-refractivity contribution in [3.63, 3.8) is 0 Å². The molecule has 0 fully saturated rings. The first kappa shape index (κ1) is 19.8. The number of Topliss-reactive ketones (excluding diaryl/α,β-unsaturated/α-hetero) is 1. The number of hydrogen-bond acceptors (Lipinski definition) is 8. The zero-order valence-corrected chi connectivity index (χ0v) is 11.3. The van der Waals surface area contributed by atoms with Crippen LogP contribution in [0.1, 0.15) is 0 Å². The lowest BCUT2D eigenvalue weighted by Crippen LogP contribution is -2.49. The molecule has 9 N–H and O–H groups in total. The van der Waals surface area contributed by atoms with Gasteiger partial charge in [-0.25, -0.2) is 0 Å². The lowest BCUT2D eigenvalue weighted by atomic mass is 10.1. The summed E-state index contributed by atoms with van der Waals surface area (Å²) in [6, 6.07) is 0. The molecule has 14 heteroatoms. The SMILES string of the molecule is O=C(C(O)P(=O)(O)O)[C@@H](O)[C@H](O)[C@H](O)C(O)P(=O)(O)O. The molecule has 2 unspecified atom stereocenters. The molecule has 12 nitrogen and oxygen atoms in total. The second-order valence-corrected chi connectivity index (χ2v) is 7.17. The van der Waals surface area contributed by atoms with Crippen molar-refractivity contribution in [1.29, 1.82) is 0 Å². The molecule has 120 valence electrons. The summed E-state index contributed by atoms with van der Waals surface area (Å²) in [7, 11) is -10.6. The van der Waals surface area contributed by atoms with Gasteiger partial charge in [-0.2, -0.15) is 0 Å². The number of hydrogen-bond donors (Lipinski definition) is 9. The molecule has 20 heavy (non-hydrogen) atoms. The van der Waals surface area contributed by atoms with Gasteiger partial charge in [0.15, 0.2) is 5.85 Å². The minimum atomic E-state index is -5.36. The Balaban J connectivity index is 5.04. The summed E-state index contributed by atoms with van der Waals surface area (Å²) >= 11 is 0. The summed E-state index contributed by atoms with van der Waals surface area (Å²) in [5.41, 5.74) is 0. The lowest BCUT2D eigenvalue weighted by Gasteiger charge is -2.27. The molecule has 0 aliphatic carbocycles. The summed E-state index contributed by atoms with van der Waals surface area (Å²) < 4.78 is 21.2. The van der Waals surface area contributed by atoms with Crippen molar-refractivity contribution in [2.45, 2.75) is 30.0 Å². The van der Waals surface area contributed by atoms with E-state index in [4.69, 9.17) is 34.9 Å². The lowest BCUT2D eigenvalue weighted by molar-refractivity contribution is -0.147. The Bertz CT molecular complexity index is 437. The number of aliphatic hydroxyl groups is 5. The Morgan fingerprint density at radius 3 is 1.45 bits per heavy atom. The highest BCUT2D eigenvalue weighted by molar-refractivity contribution is 7.53. The predicted octanol–water partition coefficient (Wildman–Crippen LogP) is -4.37. The molecule has 0 radical (unpaired) electrons. The van der Waals surface area contributed by atoms with Crippen molar-refractivity contribution in [3.8, 4) is 0 Å². The van der Waals surface area contributed by atoms with E-state index >= 15 is 0 Å². The first-order chi connectivity index (χ1) is 8.71. The van der Waals surface area contributed by atoms with Crippen molar-refractivity contribution < 1.29 is 59.0 Å². The normalized spacial score (nSPS) is 20.9. The van der Waals surface area contributed by atoms with Crippen LogP contribution in [0.5, 0.6) is 0 Å². The Labute approximate surface area is 111 Å². The summed E-state index contributed by atoms with van der Waals surface area (Å²) in [6.45, 7) is 0. The van der Waals surface area contributed by atoms with Gasteiger partial charge in [-0.15, -0.1) is 0 Å². The maximum absolute atomic E-state index is 11.2. The van der Waals surface area contributed by atoms with Crippen LogP contribution in [0.4, 0.5) is 0 Å². The third kappa shape index (κ3) is 4.95. The van der Waals surface area contributed by atoms with Crippen molar-refractivity contribution in [2.24, 2.45) is 0 Å². The molecular weight excluding hydrogens is 326 g/mol. The Morgan fingerprint density at radius 1 is 0.750 bits per heavy atom. The van der Waals surface area contributed by atoms with E-state index in [2.05, 4.69) is 0 Å². The van der Waals surface area contributed by atoms with E-state index in [1.807, 2.05) is 0 Å². The third-order valence-corrected chi connectivity index (χ3v) is 4.07. The molecule has 0 amide bonds. The highest BCUT2D eigenvalue weighted by atomic mass is 31.2. The Kier molecular flexibility index (Phi) is 6.61. The number of rotatable bonds is 7. The van der Waals surface area contributed by atoms with E-state index in [0.717, 1.165) is 0 Å². The van der Waals surface area contributed by atoms with E-state index in [-0.39, 0.29) is 0 Å². The molecule has 0 aromatic rings. The van der Waals surface area contributed by atoms with Crippen LogP contribution in [0.3, 0.4) is 0 Å². The molecule has 0 bridgehead atoms. The van der Waals surface area contributed by atoms with Gasteiger partial charge in [0.2, 0.25) is 11.6 Å². The van der Waals surface area contributed by atoms with Gasteiger partial charge < -0.3 is 45.1 Å². The van der Waals surface area contributed by atoms with Gasteiger partial charge >= 0.3 is 15.2 Å². The summed E-state index contributed by atoms with van der Waals surface area (Å²) in [5.74, 6) is -7.86. The highest BCUT2D eigenvalue weighted by Gasteiger charge is 2.45. The molecule has 0 rings (SSSR count). The summed E-state index contributed by atoms with van der Waals surface area (Å²) in [5, 5.41) is 45.4. The van der Waals surface area contributed by atoms with Gasteiger partial charge in [0.05, 0.1) is 0 Å². The molecule has 0 aliphatic heterocycles. The second-order valence-electron chi connectivity index (χ2n) is 3.79. The average Bonchev–Trinajstić information content (AvgIpc) is 2.30. The van der Waals surface area contributed by atoms with Gasteiger partial charge in [0.1, 0.15) is 18.3 Å². The van der Waals surface area contributed by atoms with Gasteiger partial charge in [-0.3, -0.25) is 13.9 Å². The van der Waals surface area contributed by atoms with Crippen LogP contribution in [0, 0.1) is 0 Å². The Hall–Kier alpha value is -0.230. The quantitative estimate of drug-likeness (QED) is 0.200. The van der Waals surface area contributed by atoms with E-state index in [9.17, 15) is 24.1 Å². The van der Waals surface area contributed by atoms with Crippen molar-refractivity contribution in [1.82, 2.24) is 0 Å². The smallest absolute Gasteiger partial charge is 0.361 e. The highest BCUT2D eigenvalue weighted by Crippen LogP contribution is 2.43. The fourth-order valence-corrected chi connectivity index (χ4v) is 2.11. The largest absolute Gasteiger partial charge is 0.387 e. The summed E-state index contributed by atoms with van der Waals surface area (Å²) in [6.07, 6.45) is -8.21. The van der Waals surface area contributed by atoms with E-state index in [0.29, 0.717) is 0 Å². The molecule has 0 saturated carbocycles. The van der Waals surface area contributed by atoms with Crippen LogP contribution in [-0.2, 0) is 13.9 Å². The zero-order valence-electron chi connectivity index (χ0n) is 9.53. The molecule has 0 spiro atoms. The van der Waals surface area contributed by atoms with Crippen LogP contribution >= 0.6 is 15.2 Å². The molecule has 5 atom stereocenters. The fraction of sp³-hybridized carbons (Fsp3) is 0.833. The van der Waals surface area contributed by atoms with Crippen molar-refractivity contribution >= 4 is 21.0 Å². The third-order valence-electron chi connectivity index (χ3n) is 2.19. The maximum atomic E-state index is 11.2. The number of carbonyl (C=O) groups excluding carboxylic acids is 1. The first-order valence-electron chi connectivity index (χ1n) is 4.75. The zero-order chi connectivity index (χ0) is 16.5. The standard InChI is InChI=1S/C6H14O12P2/c7-1(3(9)5(11)19(13,14)15)2(8)4(10)6(12)20(16,17)18/h1-3,5-9,11-12H,(H2,13,14,15)(H2,16,17,18)/t1-,2-,3-,5?,6?/m0/s1.